The summed E-state index contributed by atoms with van der Waals surface area (Å²) < 4.78 is 0. The highest BCUT2D eigenvalue weighted by Crippen LogP contribution is 2.05. The summed E-state index contributed by atoms with van der Waals surface area (Å²) in [6, 6.07) is 1.34. The highest BCUT2D eigenvalue weighted by molar-refractivity contribution is 6.29. The van der Waals surface area contributed by atoms with E-state index in [4.69, 9.17) is 17.3 Å². The molecule has 0 amide bonds. The van der Waals surface area contributed by atoms with Crippen LogP contribution in [0.3, 0.4) is 0 Å². The van der Waals surface area contributed by atoms with E-state index in [1.165, 1.54) is 6.07 Å². The predicted molar refractivity (Wildman–Crippen MR) is 36.8 cm³/mol. The van der Waals surface area contributed by atoms with Gasteiger partial charge in [0.1, 0.15) is 10.8 Å². The minimum absolute atomic E-state index is 0.00889. The van der Waals surface area contributed by atoms with Crippen molar-refractivity contribution in [2.24, 2.45) is 0 Å². The quantitative estimate of drug-likeness (QED) is 0.477. The van der Waals surface area contributed by atoms with Crippen LogP contribution in [-0.4, -0.2) is 16.3 Å². The van der Waals surface area contributed by atoms with Gasteiger partial charge in [0.2, 0.25) is 5.95 Å². The van der Waals surface area contributed by atoms with Crippen molar-refractivity contribution in [3.63, 3.8) is 0 Å². The van der Waals surface area contributed by atoms with Gasteiger partial charge in [-0.3, -0.25) is 4.79 Å². The number of rotatable bonds is 1. The molecule has 0 aromatic carbocycles. The maximum absolute atomic E-state index is 10.1. The normalized spacial score (nSPS) is 9.30. The third-order valence-corrected chi connectivity index (χ3v) is 1.05. The molecule has 4 nitrogen and oxygen atoms in total. The van der Waals surface area contributed by atoms with Gasteiger partial charge in [0.25, 0.3) is 0 Å². The van der Waals surface area contributed by atoms with Gasteiger partial charge >= 0.3 is 0 Å². The van der Waals surface area contributed by atoms with Crippen molar-refractivity contribution in [3.05, 3.63) is 16.9 Å². The molecule has 0 spiro atoms. The average Bonchev–Trinajstić information content (AvgIpc) is 1.85. The Hall–Kier alpha value is -1.16. The largest absolute Gasteiger partial charge is 0.368 e. The number of carbonyl (C=O) groups excluding carboxylic acids is 1. The van der Waals surface area contributed by atoms with Gasteiger partial charge in [-0.15, -0.1) is 0 Å². The molecule has 0 bridgehead atoms. The Morgan fingerprint density at radius 3 is 2.80 bits per heavy atom. The molecule has 5 heteroatoms. The zero-order chi connectivity index (χ0) is 7.56. The monoisotopic (exact) mass is 157 g/mol. The Morgan fingerprint density at radius 1 is 1.60 bits per heavy atom. The number of aromatic nitrogens is 2. The van der Waals surface area contributed by atoms with Crippen LogP contribution in [0, 0.1) is 0 Å². The molecule has 52 valence electrons. The molecule has 10 heavy (non-hydrogen) atoms. The highest BCUT2D eigenvalue weighted by atomic mass is 35.5. The van der Waals surface area contributed by atoms with Crippen LogP contribution >= 0.6 is 11.6 Å². The van der Waals surface area contributed by atoms with Gasteiger partial charge in [-0.2, -0.15) is 0 Å². The van der Waals surface area contributed by atoms with Crippen molar-refractivity contribution in [1.29, 1.82) is 0 Å². The van der Waals surface area contributed by atoms with E-state index in [1.54, 1.807) is 0 Å². The lowest BCUT2D eigenvalue weighted by Gasteiger charge is -1.92. The molecule has 1 heterocycles. The predicted octanol–water partition coefficient (Wildman–Crippen LogP) is 0.525. The van der Waals surface area contributed by atoms with E-state index in [0.29, 0.717) is 6.29 Å². The van der Waals surface area contributed by atoms with E-state index < -0.39 is 0 Å². The van der Waals surface area contributed by atoms with Crippen molar-refractivity contribution in [2.75, 3.05) is 5.73 Å². The van der Waals surface area contributed by atoms with Crippen LogP contribution < -0.4 is 5.73 Å². The number of nitrogens with two attached hydrogens (primary N) is 1. The number of nitrogen functional groups attached to an aromatic ring is 1. The second kappa shape index (κ2) is 2.62. The van der Waals surface area contributed by atoms with Gasteiger partial charge in [0.15, 0.2) is 6.29 Å². The number of hydrogen-bond donors (Lipinski definition) is 1. The van der Waals surface area contributed by atoms with Crippen LogP contribution in [0.4, 0.5) is 5.95 Å². The SMILES string of the molecule is Nc1nc(Cl)cc(C=O)n1. The van der Waals surface area contributed by atoms with Crippen LogP contribution in [0.25, 0.3) is 0 Å². The van der Waals surface area contributed by atoms with E-state index in [0.717, 1.165) is 0 Å². The Labute approximate surface area is 62.0 Å². The lowest BCUT2D eigenvalue weighted by Crippen LogP contribution is -1.97. The zero-order valence-electron chi connectivity index (χ0n) is 4.91. The number of aldehydes is 1. The lowest BCUT2D eigenvalue weighted by atomic mass is 10.4. The highest BCUT2D eigenvalue weighted by Gasteiger charge is 1.96. The lowest BCUT2D eigenvalue weighted by molar-refractivity contribution is 0.111. The minimum Gasteiger partial charge on any atom is -0.368 e. The van der Waals surface area contributed by atoms with Crippen molar-refractivity contribution in [3.8, 4) is 0 Å². The molecule has 0 aliphatic carbocycles. The standard InChI is InChI=1S/C5H4ClN3O/c6-4-1-3(2-10)8-5(7)9-4/h1-2H,(H2,7,8,9). The molecule has 1 aromatic heterocycles. The fourth-order valence-electron chi connectivity index (χ4n) is 0.514. The molecule has 1 aromatic rings. The maximum Gasteiger partial charge on any atom is 0.222 e. The van der Waals surface area contributed by atoms with Crippen molar-refractivity contribution >= 4 is 23.8 Å². The molecule has 1 rings (SSSR count). The van der Waals surface area contributed by atoms with Gasteiger partial charge in [-0.25, -0.2) is 9.97 Å². The minimum atomic E-state index is 0.00889. The second-order valence-corrected chi connectivity index (χ2v) is 1.98. The van der Waals surface area contributed by atoms with Crippen LogP contribution in [-0.2, 0) is 0 Å². The fraction of sp³-hybridized carbons (Fsp3) is 0. The summed E-state index contributed by atoms with van der Waals surface area (Å²) in [6.45, 7) is 0. The van der Waals surface area contributed by atoms with Crippen LogP contribution in [0.15, 0.2) is 6.07 Å². The molecule has 0 fully saturated rings. The summed E-state index contributed by atoms with van der Waals surface area (Å²) in [6.07, 6.45) is 0.559. The number of hydrogen-bond acceptors (Lipinski definition) is 4. The summed E-state index contributed by atoms with van der Waals surface area (Å²) >= 11 is 5.44. The zero-order valence-corrected chi connectivity index (χ0v) is 5.67. The molecule has 0 saturated heterocycles. The molecule has 0 saturated carbocycles. The van der Waals surface area contributed by atoms with E-state index in [2.05, 4.69) is 9.97 Å². The number of carbonyl (C=O) groups is 1. The Balaban J connectivity index is 3.18. The summed E-state index contributed by atoms with van der Waals surface area (Å²) in [5, 5.41) is 0.176. The van der Waals surface area contributed by atoms with Gasteiger partial charge < -0.3 is 5.73 Å². The Morgan fingerprint density at radius 2 is 2.30 bits per heavy atom. The molecule has 0 atom stereocenters. The molecular formula is C5H4ClN3O. The van der Waals surface area contributed by atoms with Gasteiger partial charge in [0.05, 0.1) is 0 Å². The van der Waals surface area contributed by atoms with Gasteiger partial charge in [-0.05, 0) is 0 Å². The fourth-order valence-corrected chi connectivity index (χ4v) is 0.712. The number of nitrogens with zero attached hydrogens (tertiary/aromatic N) is 2. The molecular weight excluding hydrogens is 154 g/mol. The second-order valence-electron chi connectivity index (χ2n) is 1.59. The van der Waals surface area contributed by atoms with Crippen LogP contribution in [0.5, 0.6) is 0 Å². The third-order valence-electron chi connectivity index (χ3n) is 0.853. The van der Waals surface area contributed by atoms with Crippen LogP contribution in [0.1, 0.15) is 10.5 Å². The molecule has 2 N–H and O–H groups in total. The van der Waals surface area contributed by atoms with E-state index in [-0.39, 0.29) is 16.8 Å². The summed E-state index contributed by atoms with van der Waals surface area (Å²) in [5.41, 5.74) is 5.36. The van der Waals surface area contributed by atoms with E-state index >= 15 is 0 Å². The van der Waals surface area contributed by atoms with Gasteiger partial charge in [0, 0.05) is 6.07 Å². The number of anilines is 1. The Bertz CT molecular complexity index is 243. The van der Waals surface area contributed by atoms with E-state index in [1.807, 2.05) is 0 Å². The smallest absolute Gasteiger partial charge is 0.222 e. The first-order valence-corrected chi connectivity index (χ1v) is 2.85. The van der Waals surface area contributed by atoms with E-state index in [9.17, 15) is 4.79 Å². The van der Waals surface area contributed by atoms with Gasteiger partial charge in [-0.1, -0.05) is 11.6 Å². The van der Waals surface area contributed by atoms with Crippen molar-refractivity contribution < 1.29 is 4.79 Å². The molecule has 0 aliphatic heterocycles. The van der Waals surface area contributed by atoms with Crippen LogP contribution in [0.2, 0.25) is 5.15 Å². The third kappa shape index (κ3) is 1.41. The number of halogens is 1. The Kier molecular flexibility index (Phi) is 1.82. The summed E-state index contributed by atoms with van der Waals surface area (Å²) in [4.78, 5) is 17.2. The molecule has 0 aliphatic rings. The van der Waals surface area contributed by atoms with Crippen molar-refractivity contribution in [2.45, 2.75) is 0 Å². The first-order chi connectivity index (χ1) is 4.72. The maximum atomic E-state index is 10.1. The summed E-state index contributed by atoms with van der Waals surface area (Å²) in [5.74, 6) is 0.00889. The molecule has 0 radical (unpaired) electrons. The first-order valence-electron chi connectivity index (χ1n) is 2.47. The average molecular weight is 158 g/mol. The molecule has 0 unspecified atom stereocenters. The topological polar surface area (TPSA) is 68.9 Å². The van der Waals surface area contributed by atoms with Crippen molar-refractivity contribution in [1.82, 2.24) is 9.97 Å². The first kappa shape index (κ1) is 6.95. The summed E-state index contributed by atoms with van der Waals surface area (Å²) in [7, 11) is 0.